The molecule has 29 heavy (non-hydrogen) atoms. The molecular weight excluding hydrogens is 357 g/mol. The molecule has 0 saturated carbocycles. The summed E-state index contributed by atoms with van der Waals surface area (Å²) in [5.41, 5.74) is 5.89. The molecule has 3 aromatic rings. The maximum Gasteiger partial charge on any atom is 0.132 e. The minimum absolute atomic E-state index is 0.180. The normalized spacial score (nSPS) is 11.0. The predicted octanol–water partition coefficient (Wildman–Crippen LogP) is 8.02. The highest BCUT2D eigenvalue weighted by molar-refractivity contribution is 5.67. The van der Waals surface area contributed by atoms with Crippen molar-refractivity contribution in [1.82, 2.24) is 4.98 Å². The number of hydrogen-bond acceptors (Lipinski definition) is 1. The highest BCUT2D eigenvalue weighted by Gasteiger charge is 2.08. The van der Waals surface area contributed by atoms with Crippen molar-refractivity contribution >= 4 is 0 Å². The molecule has 0 bridgehead atoms. The van der Waals surface area contributed by atoms with E-state index in [2.05, 4.69) is 43.1 Å². The van der Waals surface area contributed by atoms with Gasteiger partial charge in [0, 0.05) is 17.3 Å². The molecule has 1 nitrogen and oxygen atoms in total. The Kier molecular flexibility index (Phi) is 7.98. The van der Waals surface area contributed by atoms with E-state index < -0.39 is 0 Å². The molecule has 0 N–H and O–H groups in total. The first kappa shape index (κ1) is 21.2. The molecule has 1 heterocycles. The highest BCUT2D eigenvalue weighted by Crippen LogP contribution is 2.26. The van der Waals surface area contributed by atoms with Crippen LogP contribution in [0.4, 0.5) is 4.39 Å². The standard InChI is InChI=1S/C27H32FN/c1-3-5-6-7-8-10-22-13-17-25(26(28)19-22)27-18-16-24(20-29-27)23-14-11-21(9-4-2)12-15-23/h11-20H,3-10H2,1-2H3. The van der Waals surface area contributed by atoms with E-state index in [1.165, 1.54) is 31.2 Å². The molecule has 0 aliphatic heterocycles. The first-order chi connectivity index (χ1) is 14.2. The van der Waals surface area contributed by atoms with E-state index in [9.17, 15) is 4.39 Å². The quantitative estimate of drug-likeness (QED) is 0.320. The molecule has 152 valence electrons. The summed E-state index contributed by atoms with van der Waals surface area (Å²) >= 11 is 0. The molecule has 0 saturated heterocycles. The Balaban J connectivity index is 1.66. The lowest BCUT2D eigenvalue weighted by Gasteiger charge is -2.08. The number of benzene rings is 2. The number of pyridine rings is 1. The summed E-state index contributed by atoms with van der Waals surface area (Å²) in [7, 11) is 0. The van der Waals surface area contributed by atoms with Crippen molar-refractivity contribution in [3.63, 3.8) is 0 Å². The summed E-state index contributed by atoms with van der Waals surface area (Å²) in [6.07, 6.45) is 11.2. The van der Waals surface area contributed by atoms with Crippen molar-refractivity contribution in [2.24, 2.45) is 0 Å². The Labute approximate surface area is 175 Å². The van der Waals surface area contributed by atoms with Crippen LogP contribution >= 0.6 is 0 Å². The van der Waals surface area contributed by atoms with Gasteiger partial charge in [0.2, 0.25) is 0 Å². The second kappa shape index (κ2) is 10.9. The lowest BCUT2D eigenvalue weighted by atomic mass is 10.0. The van der Waals surface area contributed by atoms with Gasteiger partial charge in [-0.15, -0.1) is 0 Å². The summed E-state index contributed by atoms with van der Waals surface area (Å²) < 4.78 is 14.7. The second-order valence-corrected chi connectivity index (χ2v) is 7.86. The first-order valence-corrected chi connectivity index (χ1v) is 11.1. The number of halogens is 1. The zero-order chi connectivity index (χ0) is 20.5. The van der Waals surface area contributed by atoms with Crippen LogP contribution in [0.2, 0.25) is 0 Å². The van der Waals surface area contributed by atoms with Crippen LogP contribution in [-0.4, -0.2) is 4.98 Å². The van der Waals surface area contributed by atoms with Gasteiger partial charge in [-0.2, -0.15) is 0 Å². The van der Waals surface area contributed by atoms with Crippen molar-refractivity contribution in [2.45, 2.75) is 65.2 Å². The van der Waals surface area contributed by atoms with Crippen LogP contribution in [0.25, 0.3) is 22.4 Å². The number of aromatic nitrogens is 1. The van der Waals surface area contributed by atoms with Gasteiger partial charge in [0.05, 0.1) is 5.69 Å². The van der Waals surface area contributed by atoms with E-state index >= 15 is 0 Å². The SMILES string of the molecule is CCCCCCCc1ccc(-c2ccc(-c3ccc(CCC)cc3)cn2)c(F)c1. The number of nitrogens with zero attached hydrogens (tertiary/aromatic N) is 1. The molecule has 1 aromatic heterocycles. The first-order valence-electron chi connectivity index (χ1n) is 11.1. The van der Waals surface area contributed by atoms with Gasteiger partial charge in [-0.3, -0.25) is 4.98 Å². The smallest absolute Gasteiger partial charge is 0.132 e. The molecule has 0 amide bonds. The Morgan fingerprint density at radius 2 is 1.41 bits per heavy atom. The molecule has 2 heteroatoms. The molecule has 2 aromatic carbocycles. The van der Waals surface area contributed by atoms with Gasteiger partial charge in [-0.05, 0) is 54.2 Å². The van der Waals surface area contributed by atoms with Crippen molar-refractivity contribution in [3.8, 4) is 22.4 Å². The fourth-order valence-electron chi connectivity index (χ4n) is 3.73. The van der Waals surface area contributed by atoms with Crippen molar-refractivity contribution in [3.05, 3.63) is 77.7 Å². The summed E-state index contributed by atoms with van der Waals surface area (Å²) in [4.78, 5) is 4.53. The van der Waals surface area contributed by atoms with Crippen LogP contribution in [0, 0.1) is 5.82 Å². The lowest BCUT2D eigenvalue weighted by Crippen LogP contribution is -1.93. The average molecular weight is 390 g/mol. The van der Waals surface area contributed by atoms with E-state index in [0.717, 1.165) is 42.4 Å². The van der Waals surface area contributed by atoms with Crippen LogP contribution < -0.4 is 0 Å². The molecular formula is C27H32FN. The van der Waals surface area contributed by atoms with Gasteiger partial charge in [-0.25, -0.2) is 4.39 Å². The van der Waals surface area contributed by atoms with Gasteiger partial charge in [0.25, 0.3) is 0 Å². The predicted molar refractivity (Wildman–Crippen MR) is 122 cm³/mol. The number of hydrogen-bond donors (Lipinski definition) is 0. The molecule has 0 radical (unpaired) electrons. The third-order valence-electron chi connectivity index (χ3n) is 5.47. The molecule has 0 aliphatic carbocycles. The molecule has 0 fully saturated rings. The molecule has 0 unspecified atom stereocenters. The monoisotopic (exact) mass is 389 g/mol. The summed E-state index contributed by atoms with van der Waals surface area (Å²) in [6, 6.07) is 18.2. The van der Waals surface area contributed by atoms with E-state index in [-0.39, 0.29) is 5.82 Å². The van der Waals surface area contributed by atoms with Crippen LogP contribution in [0.1, 0.15) is 63.5 Å². The molecule has 0 atom stereocenters. The van der Waals surface area contributed by atoms with E-state index in [1.807, 2.05) is 30.5 Å². The van der Waals surface area contributed by atoms with Crippen molar-refractivity contribution in [1.29, 1.82) is 0 Å². The topological polar surface area (TPSA) is 12.9 Å². The molecule has 0 spiro atoms. The van der Waals surface area contributed by atoms with Crippen molar-refractivity contribution in [2.75, 3.05) is 0 Å². The maximum absolute atomic E-state index is 14.7. The number of unbranched alkanes of at least 4 members (excludes halogenated alkanes) is 4. The average Bonchev–Trinajstić information content (AvgIpc) is 2.75. The Bertz CT molecular complexity index is 881. The van der Waals surface area contributed by atoms with E-state index in [4.69, 9.17) is 0 Å². The van der Waals surface area contributed by atoms with E-state index in [1.54, 1.807) is 6.07 Å². The fraction of sp³-hybridized carbons (Fsp3) is 0.370. The van der Waals surface area contributed by atoms with Crippen LogP contribution in [0.3, 0.4) is 0 Å². The Morgan fingerprint density at radius 1 is 0.690 bits per heavy atom. The van der Waals surface area contributed by atoms with Crippen LogP contribution in [-0.2, 0) is 12.8 Å². The number of aryl methyl sites for hydroxylation is 2. The van der Waals surface area contributed by atoms with E-state index in [0.29, 0.717) is 11.3 Å². The molecule has 3 rings (SSSR count). The van der Waals surface area contributed by atoms with Gasteiger partial charge >= 0.3 is 0 Å². The zero-order valence-corrected chi connectivity index (χ0v) is 17.8. The Morgan fingerprint density at radius 3 is 2.07 bits per heavy atom. The summed E-state index contributed by atoms with van der Waals surface area (Å²) in [5.74, 6) is -0.180. The van der Waals surface area contributed by atoms with Crippen LogP contribution in [0.15, 0.2) is 60.8 Å². The molecule has 0 aliphatic rings. The lowest BCUT2D eigenvalue weighted by molar-refractivity contribution is 0.617. The highest BCUT2D eigenvalue weighted by atomic mass is 19.1. The van der Waals surface area contributed by atoms with Gasteiger partial charge < -0.3 is 0 Å². The minimum Gasteiger partial charge on any atom is -0.256 e. The van der Waals surface area contributed by atoms with Gasteiger partial charge in [-0.1, -0.05) is 82.3 Å². The fourth-order valence-corrected chi connectivity index (χ4v) is 3.73. The van der Waals surface area contributed by atoms with Gasteiger partial charge in [0.15, 0.2) is 0 Å². The van der Waals surface area contributed by atoms with Crippen molar-refractivity contribution < 1.29 is 4.39 Å². The maximum atomic E-state index is 14.7. The largest absolute Gasteiger partial charge is 0.256 e. The summed E-state index contributed by atoms with van der Waals surface area (Å²) in [5, 5.41) is 0. The summed E-state index contributed by atoms with van der Waals surface area (Å²) in [6.45, 7) is 4.41. The minimum atomic E-state index is -0.180. The third kappa shape index (κ3) is 6.00. The second-order valence-electron chi connectivity index (χ2n) is 7.86. The third-order valence-corrected chi connectivity index (χ3v) is 5.47. The number of rotatable bonds is 10. The zero-order valence-electron chi connectivity index (χ0n) is 17.8. The van der Waals surface area contributed by atoms with Gasteiger partial charge in [0.1, 0.15) is 5.82 Å². The Hall–Kier alpha value is -2.48. The van der Waals surface area contributed by atoms with Crippen LogP contribution in [0.5, 0.6) is 0 Å².